The molecule has 0 aromatic heterocycles. The minimum atomic E-state index is -2.66. The van der Waals surface area contributed by atoms with Gasteiger partial charge in [0.15, 0.2) is 0 Å². The van der Waals surface area contributed by atoms with Crippen LogP contribution in [0.15, 0.2) is 23.1 Å². The second-order valence-electron chi connectivity index (χ2n) is 5.76. The molecule has 0 saturated carbocycles. The van der Waals surface area contributed by atoms with Crippen molar-refractivity contribution in [3.8, 4) is 0 Å². The molecule has 9 heteroatoms. The van der Waals surface area contributed by atoms with Gasteiger partial charge in [0.25, 0.3) is 11.4 Å². The SMILES string of the molecule is CN(Cc1cc([N+](=O)[O-])ccc1SC(F)F)C(=O)OC(C)(C)C. The number of rotatable bonds is 5. The molecule has 23 heavy (non-hydrogen) atoms. The van der Waals surface area contributed by atoms with E-state index >= 15 is 0 Å². The first-order valence-electron chi connectivity index (χ1n) is 6.66. The van der Waals surface area contributed by atoms with Gasteiger partial charge in [-0.15, -0.1) is 0 Å². The molecular formula is C14H18F2N2O4S. The quantitative estimate of drug-likeness (QED) is 0.451. The predicted octanol–water partition coefficient (Wildman–Crippen LogP) is 4.28. The van der Waals surface area contributed by atoms with Crippen LogP contribution >= 0.6 is 11.8 Å². The Morgan fingerprint density at radius 2 is 2.04 bits per heavy atom. The monoisotopic (exact) mass is 348 g/mol. The molecular weight excluding hydrogens is 330 g/mol. The fourth-order valence-electron chi connectivity index (χ4n) is 1.67. The number of nitrogens with zero attached hydrogens (tertiary/aromatic N) is 2. The van der Waals surface area contributed by atoms with E-state index in [-0.39, 0.29) is 34.5 Å². The number of non-ortho nitro benzene ring substituents is 1. The largest absolute Gasteiger partial charge is 0.444 e. The second-order valence-corrected chi connectivity index (χ2v) is 6.80. The predicted molar refractivity (Wildman–Crippen MR) is 82.7 cm³/mol. The number of carbonyl (C=O) groups is 1. The zero-order chi connectivity index (χ0) is 17.8. The zero-order valence-corrected chi connectivity index (χ0v) is 14.0. The number of hydrogen-bond donors (Lipinski definition) is 0. The molecule has 6 nitrogen and oxygen atoms in total. The highest BCUT2D eigenvalue weighted by atomic mass is 32.2. The van der Waals surface area contributed by atoms with Crippen molar-refractivity contribution >= 4 is 23.5 Å². The summed E-state index contributed by atoms with van der Waals surface area (Å²) in [7, 11) is 1.43. The van der Waals surface area contributed by atoms with Crippen LogP contribution in [0.5, 0.6) is 0 Å². The van der Waals surface area contributed by atoms with Gasteiger partial charge in [0.1, 0.15) is 5.60 Å². The fourth-order valence-corrected chi connectivity index (χ4v) is 2.29. The lowest BCUT2D eigenvalue weighted by molar-refractivity contribution is -0.385. The van der Waals surface area contributed by atoms with Crippen LogP contribution in [0.1, 0.15) is 26.3 Å². The molecule has 0 spiro atoms. The van der Waals surface area contributed by atoms with Crippen LogP contribution in [-0.4, -0.2) is 34.3 Å². The van der Waals surface area contributed by atoms with Crippen LogP contribution in [0.4, 0.5) is 19.3 Å². The summed E-state index contributed by atoms with van der Waals surface area (Å²) in [6.45, 7) is 5.02. The summed E-state index contributed by atoms with van der Waals surface area (Å²) in [5.74, 6) is -2.66. The second kappa shape index (κ2) is 7.58. The average molecular weight is 348 g/mol. The number of alkyl halides is 2. The maximum absolute atomic E-state index is 12.6. The first-order chi connectivity index (χ1) is 10.5. The summed E-state index contributed by atoms with van der Waals surface area (Å²) in [5, 5.41) is 10.8. The smallest absolute Gasteiger partial charge is 0.410 e. The standard InChI is InChI=1S/C14H18F2N2O4S/c1-14(2,3)22-13(19)17(4)8-9-7-10(18(20)21)5-6-11(9)23-12(15)16/h5-7,12H,8H2,1-4H3. The number of hydrogen-bond acceptors (Lipinski definition) is 5. The Hall–Kier alpha value is -1.90. The van der Waals surface area contributed by atoms with Gasteiger partial charge < -0.3 is 9.64 Å². The van der Waals surface area contributed by atoms with Crippen molar-refractivity contribution in [3.05, 3.63) is 33.9 Å². The maximum atomic E-state index is 12.6. The third kappa shape index (κ3) is 6.39. The topological polar surface area (TPSA) is 72.7 Å². The van der Waals surface area contributed by atoms with Gasteiger partial charge in [-0.05, 0) is 32.4 Å². The lowest BCUT2D eigenvalue weighted by Gasteiger charge is -2.25. The summed E-state index contributed by atoms with van der Waals surface area (Å²) in [5.41, 5.74) is -0.664. The fraction of sp³-hybridized carbons (Fsp3) is 0.500. The highest BCUT2D eigenvalue weighted by Crippen LogP contribution is 2.31. The molecule has 0 aliphatic heterocycles. The maximum Gasteiger partial charge on any atom is 0.410 e. The van der Waals surface area contributed by atoms with Crippen LogP contribution in [-0.2, 0) is 11.3 Å². The molecule has 0 N–H and O–H groups in total. The van der Waals surface area contributed by atoms with Crippen molar-refractivity contribution in [2.24, 2.45) is 0 Å². The summed E-state index contributed by atoms with van der Waals surface area (Å²) in [6, 6.07) is 3.60. The molecule has 0 saturated heterocycles. The first-order valence-corrected chi connectivity index (χ1v) is 7.54. The molecule has 0 aliphatic rings. The molecule has 1 amide bonds. The van der Waals surface area contributed by atoms with E-state index in [1.165, 1.54) is 24.1 Å². The van der Waals surface area contributed by atoms with Crippen LogP contribution in [0.25, 0.3) is 0 Å². The number of thioether (sulfide) groups is 1. The number of halogens is 2. The van der Waals surface area contributed by atoms with E-state index in [1.54, 1.807) is 20.8 Å². The normalized spacial score (nSPS) is 11.4. The number of nitro benzene ring substituents is 1. The van der Waals surface area contributed by atoms with Crippen LogP contribution < -0.4 is 0 Å². The summed E-state index contributed by atoms with van der Waals surface area (Å²) in [6.07, 6.45) is -0.642. The third-order valence-corrected chi connectivity index (χ3v) is 3.41. The van der Waals surface area contributed by atoms with Crippen molar-refractivity contribution in [1.29, 1.82) is 0 Å². The van der Waals surface area contributed by atoms with Gasteiger partial charge in [0.05, 0.1) is 11.5 Å². The van der Waals surface area contributed by atoms with Crippen LogP contribution in [0.3, 0.4) is 0 Å². The van der Waals surface area contributed by atoms with Crippen LogP contribution in [0, 0.1) is 10.1 Å². The van der Waals surface area contributed by atoms with Crippen molar-refractivity contribution in [3.63, 3.8) is 0 Å². The molecule has 1 aromatic carbocycles. The van der Waals surface area contributed by atoms with Crippen molar-refractivity contribution in [1.82, 2.24) is 4.90 Å². The Balaban J connectivity index is 3.01. The van der Waals surface area contributed by atoms with Crippen molar-refractivity contribution < 1.29 is 23.2 Å². The van der Waals surface area contributed by atoms with Gasteiger partial charge in [0.2, 0.25) is 0 Å². The number of carbonyl (C=O) groups excluding carboxylic acids is 1. The van der Waals surface area contributed by atoms with Gasteiger partial charge in [0, 0.05) is 24.1 Å². The third-order valence-electron chi connectivity index (χ3n) is 2.58. The lowest BCUT2D eigenvalue weighted by atomic mass is 10.2. The number of nitro groups is 1. The zero-order valence-electron chi connectivity index (χ0n) is 13.2. The van der Waals surface area contributed by atoms with Gasteiger partial charge >= 0.3 is 6.09 Å². The molecule has 0 bridgehead atoms. The molecule has 1 aromatic rings. The van der Waals surface area contributed by atoms with E-state index in [1.807, 2.05) is 0 Å². The molecule has 0 fully saturated rings. The van der Waals surface area contributed by atoms with E-state index < -0.39 is 22.4 Å². The van der Waals surface area contributed by atoms with Crippen molar-refractivity contribution in [2.45, 2.75) is 43.6 Å². The number of amides is 1. The Bertz CT molecular complexity index is 591. The average Bonchev–Trinajstić information content (AvgIpc) is 2.37. The van der Waals surface area contributed by atoms with Gasteiger partial charge in [-0.3, -0.25) is 10.1 Å². The number of benzene rings is 1. The van der Waals surface area contributed by atoms with Crippen LogP contribution in [0.2, 0.25) is 0 Å². The first kappa shape index (κ1) is 19.1. The lowest BCUT2D eigenvalue weighted by Crippen LogP contribution is -2.33. The Labute approximate surface area is 136 Å². The highest BCUT2D eigenvalue weighted by Gasteiger charge is 2.22. The highest BCUT2D eigenvalue weighted by molar-refractivity contribution is 7.99. The minimum Gasteiger partial charge on any atom is -0.444 e. The molecule has 0 unspecified atom stereocenters. The Morgan fingerprint density at radius 3 is 2.52 bits per heavy atom. The van der Waals surface area contributed by atoms with Crippen molar-refractivity contribution in [2.75, 3.05) is 7.05 Å². The minimum absolute atomic E-state index is 0.0777. The molecule has 128 valence electrons. The van der Waals surface area contributed by atoms with Gasteiger partial charge in [-0.25, -0.2) is 4.79 Å². The molecule has 1 rings (SSSR count). The molecule has 0 heterocycles. The van der Waals surface area contributed by atoms with Gasteiger partial charge in [-0.2, -0.15) is 8.78 Å². The van der Waals surface area contributed by atoms with E-state index in [9.17, 15) is 23.7 Å². The molecule has 0 atom stereocenters. The van der Waals surface area contributed by atoms with Gasteiger partial charge in [-0.1, -0.05) is 11.8 Å². The number of ether oxygens (including phenoxy) is 1. The Kier molecular flexibility index (Phi) is 6.31. The molecule has 0 aliphatic carbocycles. The van der Waals surface area contributed by atoms with E-state index in [0.717, 1.165) is 6.07 Å². The van der Waals surface area contributed by atoms with E-state index in [0.29, 0.717) is 0 Å². The van der Waals surface area contributed by atoms with E-state index in [2.05, 4.69) is 0 Å². The molecule has 0 radical (unpaired) electrons. The summed E-state index contributed by atoms with van der Waals surface area (Å²) in [4.78, 5) is 23.5. The van der Waals surface area contributed by atoms with E-state index in [4.69, 9.17) is 4.74 Å². The summed E-state index contributed by atoms with van der Waals surface area (Å²) < 4.78 is 30.4. The summed E-state index contributed by atoms with van der Waals surface area (Å²) >= 11 is 0.278. The Morgan fingerprint density at radius 1 is 1.43 bits per heavy atom.